The number of nitrogens with one attached hydrogen (secondary N) is 2. The summed E-state index contributed by atoms with van der Waals surface area (Å²) < 4.78 is 50.3. The molecule has 1 unspecified atom stereocenters. The first kappa shape index (κ1) is 14.4. The summed E-state index contributed by atoms with van der Waals surface area (Å²) >= 11 is 0. The minimum absolute atomic E-state index is 0.101. The summed E-state index contributed by atoms with van der Waals surface area (Å²) in [6.07, 6.45) is -4.79. The lowest BCUT2D eigenvalue weighted by Crippen LogP contribution is -2.35. The lowest BCUT2D eigenvalue weighted by molar-refractivity contribution is -0.140. The summed E-state index contributed by atoms with van der Waals surface area (Å²) in [5, 5.41) is 4.90. The maximum Gasteiger partial charge on any atom is 0.419 e. The molecule has 0 radical (unpaired) electrons. The fourth-order valence-corrected chi connectivity index (χ4v) is 1.20. The van der Waals surface area contributed by atoms with E-state index in [1.165, 1.54) is 7.05 Å². The maximum atomic E-state index is 13.0. The number of hydrogen-bond donors (Lipinski definition) is 2. The van der Waals surface area contributed by atoms with Crippen molar-refractivity contribution in [2.24, 2.45) is 0 Å². The number of alkyl halides is 3. The minimum Gasteiger partial charge on any atom is -0.325 e. The number of benzene rings is 1. The molecule has 1 aromatic carbocycles. The first-order chi connectivity index (χ1) is 8.25. The van der Waals surface area contributed by atoms with E-state index < -0.39 is 29.5 Å². The van der Waals surface area contributed by atoms with E-state index in [1.54, 1.807) is 6.92 Å². The molecule has 100 valence electrons. The normalized spacial score (nSPS) is 13.2. The molecule has 7 heteroatoms. The van der Waals surface area contributed by atoms with Crippen molar-refractivity contribution in [2.75, 3.05) is 12.4 Å². The highest BCUT2D eigenvalue weighted by molar-refractivity contribution is 5.94. The summed E-state index contributed by atoms with van der Waals surface area (Å²) in [5.74, 6) is -1.88. The summed E-state index contributed by atoms with van der Waals surface area (Å²) in [5.41, 5.74) is -1.51. The molecule has 0 aliphatic rings. The Morgan fingerprint density at radius 1 is 1.33 bits per heavy atom. The highest BCUT2D eigenvalue weighted by atomic mass is 19.4. The van der Waals surface area contributed by atoms with Crippen LogP contribution in [0.15, 0.2) is 18.2 Å². The maximum absolute atomic E-state index is 13.0. The van der Waals surface area contributed by atoms with Gasteiger partial charge in [0.2, 0.25) is 5.91 Å². The Morgan fingerprint density at radius 2 is 1.94 bits per heavy atom. The van der Waals surface area contributed by atoms with Gasteiger partial charge in [-0.2, -0.15) is 13.2 Å². The summed E-state index contributed by atoms with van der Waals surface area (Å²) in [6, 6.07) is 1.74. The zero-order chi connectivity index (χ0) is 13.9. The standard InChI is InChI=1S/C11H12F4N2O/c1-6(16-2)10(18)17-7-3-4-9(12)8(5-7)11(13,14)15/h3-6,16H,1-2H3,(H,17,18). The van der Waals surface area contributed by atoms with Crippen molar-refractivity contribution >= 4 is 11.6 Å². The number of carbonyl (C=O) groups is 1. The van der Waals surface area contributed by atoms with Crippen LogP contribution < -0.4 is 10.6 Å². The second-order valence-corrected chi connectivity index (χ2v) is 3.69. The zero-order valence-corrected chi connectivity index (χ0v) is 9.73. The van der Waals surface area contributed by atoms with Crippen LogP contribution in [0.2, 0.25) is 0 Å². The number of anilines is 1. The molecule has 0 aliphatic carbocycles. The Kier molecular flexibility index (Phi) is 4.28. The fourth-order valence-electron chi connectivity index (χ4n) is 1.20. The molecule has 0 saturated heterocycles. The van der Waals surface area contributed by atoms with E-state index in [1.807, 2.05) is 0 Å². The Hall–Kier alpha value is -1.63. The van der Waals surface area contributed by atoms with Gasteiger partial charge in [0.25, 0.3) is 0 Å². The molecule has 1 amide bonds. The van der Waals surface area contributed by atoms with Gasteiger partial charge in [-0.25, -0.2) is 4.39 Å². The molecule has 1 atom stereocenters. The molecule has 0 bridgehead atoms. The molecule has 0 saturated carbocycles. The summed E-state index contributed by atoms with van der Waals surface area (Å²) in [7, 11) is 1.54. The smallest absolute Gasteiger partial charge is 0.325 e. The second kappa shape index (κ2) is 5.34. The predicted octanol–water partition coefficient (Wildman–Crippen LogP) is 2.39. The Bertz CT molecular complexity index is 445. The second-order valence-electron chi connectivity index (χ2n) is 3.69. The van der Waals surface area contributed by atoms with Crippen LogP contribution in [0.25, 0.3) is 0 Å². The van der Waals surface area contributed by atoms with Crippen molar-refractivity contribution in [3.05, 3.63) is 29.6 Å². The van der Waals surface area contributed by atoms with Gasteiger partial charge in [0.15, 0.2) is 0 Å². The zero-order valence-electron chi connectivity index (χ0n) is 9.73. The highest BCUT2D eigenvalue weighted by Gasteiger charge is 2.34. The molecule has 0 fully saturated rings. The molecule has 2 N–H and O–H groups in total. The monoisotopic (exact) mass is 264 g/mol. The number of amides is 1. The van der Waals surface area contributed by atoms with E-state index in [0.717, 1.165) is 6.07 Å². The molecule has 1 aromatic rings. The molecular formula is C11H12F4N2O. The number of carbonyl (C=O) groups excluding carboxylic acids is 1. The first-order valence-electron chi connectivity index (χ1n) is 5.10. The van der Waals surface area contributed by atoms with E-state index in [4.69, 9.17) is 0 Å². The van der Waals surface area contributed by atoms with Crippen LogP contribution in [0, 0.1) is 5.82 Å². The van der Waals surface area contributed by atoms with Crippen molar-refractivity contribution in [1.82, 2.24) is 5.32 Å². The van der Waals surface area contributed by atoms with E-state index in [9.17, 15) is 22.4 Å². The van der Waals surface area contributed by atoms with E-state index in [-0.39, 0.29) is 5.69 Å². The van der Waals surface area contributed by atoms with Crippen LogP contribution in [0.4, 0.5) is 23.2 Å². The third-order valence-electron chi connectivity index (χ3n) is 2.37. The fraction of sp³-hybridized carbons (Fsp3) is 0.364. The van der Waals surface area contributed by atoms with Gasteiger partial charge in [-0.05, 0) is 32.2 Å². The Morgan fingerprint density at radius 3 is 2.44 bits per heavy atom. The van der Waals surface area contributed by atoms with Crippen LogP contribution in [0.5, 0.6) is 0 Å². The van der Waals surface area contributed by atoms with Gasteiger partial charge in [0, 0.05) is 5.69 Å². The van der Waals surface area contributed by atoms with Crippen molar-refractivity contribution in [2.45, 2.75) is 19.1 Å². The van der Waals surface area contributed by atoms with Gasteiger partial charge >= 0.3 is 6.18 Å². The molecule has 0 spiro atoms. The van der Waals surface area contributed by atoms with Crippen molar-refractivity contribution in [3.8, 4) is 0 Å². The number of likely N-dealkylation sites (N-methyl/N-ethyl adjacent to an activating group) is 1. The average molecular weight is 264 g/mol. The lowest BCUT2D eigenvalue weighted by atomic mass is 10.1. The minimum atomic E-state index is -4.79. The molecule has 0 heterocycles. The van der Waals surface area contributed by atoms with Gasteiger partial charge in [-0.1, -0.05) is 0 Å². The van der Waals surface area contributed by atoms with Gasteiger partial charge in [0.05, 0.1) is 11.6 Å². The van der Waals surface area contributed by atoms with E-state index in [2.05, 4.69) is 10.6 Å². The average Bonchev–Trinajstić information content (AvgIpc) is 2.29. The third kappa shape index (κ3) is 3.43. The molecule has 0 aromatic heterocycles. The van der Waals surface area contributed by atoms with Crippen LogP contribution in [-0.4, -0.2) is 19.0 Å². The molecule has 1 rings (SSSR count). The van der Waals surface area contributed by atoms with E-state index in [0.29, 0.717) is 12.1 Å². The number of hydrogen-bond acceptors (Lipinski definition) is 2. The van der Waals surface area contributed by atoms with Crippen molar-refractivity contribution in [3.63, 3.8) is 0 Å². The largest absolute Gasteiger partial charge is 0.419 e. The quantitative estimate of drug-likeness (QED) is 0.823. The number of halogens is 4. The van der Waals surface area contributed by atoms with E-state index >= 15 is 0 Å². The molecule has 18 heavy (non-hydrogen) atoms. The van der Waals surface area contributed by atoms with Crippen molar-refractivity contribution < 1.29 is 22.4 Å². The number of rotatable bonds is 3. The first-order valence-corrected chi connectivity index (χ1v) is 5.10. The Balaban J connectivity index is 2.96. The molecule has 3 nitrogen and oxygen atoms in total. The SMILES string of the molecule is CNC(C)C(=O)Nc1ccc(F)c(C(F)(F)F)c1. The lowest BCUT2D eigenvalue weighted by Gasteiger charge is -2.13. The topological polar surface area (TPSA) is 41.1 Å². The summed E-state index contributed by atoms with van der Waals surface area (Å²) in [6.45, 7) is 1.55. The molecular weight excluding hydrogens is 252 g/mol. The van der Waals surface area contributed by atoms with Gasteiger partial charge in [0.1, 0.15) is 5.82 Å². The van der Waals surface area contributed by atoms with Crippen LogP contribution in [0.3, 0.4) is 0 Å². The van der Waals surface area contributed by atoms with Crippen LogP contribution in [-0.2, 0) is 11.0 Å². The van der Waals surface area contributed by atoms with Gasteiger partial charge < -0.3 is 10.6 Å². The molecule has 0 aliphatic heterocycles. The van der Waals surface area contributed by atoms with Gasteiger partial charge in [-0.3, -0.25) is 4.79 Å². The van der Waals surface area contributed by atoms with Crippen molar-refractivity contribution in [1.29, 1.82) is 0 Å². The summed E-state index contributed by atoms with van der Waals surface area (Å²) in [4.78, 5) is 11.4. The Labute approximate surface area is 101 Å². The third-order valence-corrected chi connectivity index (χ3v) is 2.37. The van der Waals surface area contributed by atoms with Crippen LogP contribution >= 0.6 is 0 Å². The van der Waals surface area contributed by atoms with Crippen LogP contribution in [0.1, 0.15) is 12.5 Å². The van der Waals surface area contributed by atoms with Gasteiger partial charge in [-0.15, -0.1) is 0 Å². The highest BCUT2D eigenvalue weighted by Crippen LogP contribution is 2.32. The predicted molar refractivity (Wildman–Crippen MR) is 58.6 cm³/mol.